The van der Waals surface area contributed by atoms with Crippen LogP contribution in [-0.2, 0) is 0 Å². The molecule has 0 amide bonds. The van der Waals surface area contributed by atoms with Crippen molar-refractivity contribution in [2.45, 2.75) is 16.3 Å². The summed E-state index contributed by atoms with van der Waals surface area (Å²) in [5, 5.41) is 18.1. The van der Waals surface area contributed by atoms with E-state index in [4.69, 9.17) is 5.11 Å². The Labute approximate surface area is 113 Å². The van der Waals surface area contributed by atoms with Crippen LogP contribution in [0.3, 0.4) is 0 Å². The highest BCUT2D eigenvalue weighted by atomic mass is 79.9. The molecule has 0 aliphatic carbocycles. The number of hydrogen-bond acceptors (Lipinski definition) is 6. The molecule has 0 spiro atoms. The monoisotopic (exact) mass is 331 g/mol. The zero-order valence-corrected chi connectivity index (χ0v) is 11.8. The second-order valence-electron chi connectivity index (χ2n) is 3.00. The maximum Gasteiger partial charge on any atom is 0.338 e. The smallest absolute Gasteiger partial charge is 0.338 e. The molecule has 8 heteroatoms. The number of aromatic nitrogens is 3. The molecule has 5 nitrogen and oxygen atoms in total. The minimum atomic E-state index is -1.01. The Bertz CT molecular complexity index is 573. The fourth-order valence-electron chi connectivity index (χ4n) is 1.06. The predicted octanol–water partition coefficient (Wildman–Crippen LogP) is 2.85. The van der Waals surface area contributed by atoms with E-state index in [0.29, 0.717) is 13.8 Å². The van der Waals surface area contributed by atoms with Gasteiger partial charge in [-0.3, -0.25) is 0 Å². The minimum Gasteiger partial charge on any atom is -0.478 e. The van der Waals surface area contributed by atoms with E-state index in [1.54, 1.807) is 6.20 Å². The van der Waals surface area contributed by atoms with Crippen molar-refractivity contribution in [1.82, 2.24) is 15.2 Å². The fraction of sp³-hybridized carbons (Fsp3) is 0.111. The molecular weight excluding hydrogens is 326 g/mol. The van der Waals surface area contributed by atoms with Gasteiger partial charge in [0.25, 0.3) is 0 Å². The number of carbonyl (C=O) groups is 1. The number of carboxylic acids is 1. The molecule has 0 aromatic carbocycles. The van der Waals surface area contributed by atoms with Gasteiger partial charge in [-0.15, -0.1) is 10.2 Å². The lowest BCUT2D eigenvalue weighted by Crippen LogP contribution is -2.00. The summed E-state index contributed by atoms with van der Waals surface area (Å²) in [5.74, 6) is -1.01. The number of hydrogen-bond donors (Lipinski definition) is 1. The Kier molecular flexibility index (Phi) is 3.75. The van der Waals surface area contributed by atoms with E-state index in [2.05, 4.69) is 31.1 Å². The summed E-state index contributed by atoms with van der Waals surface area (Å²) in [6.45, 7) is 1.84. The van der Waals surface area contributed by atoms with Crippen molar-refractivity contribution < 1.29 is 9.90 Å². The maximum atomic E-state index is 11.1. The van der Waals surface area contributed by atoms with Gasteiger partial charge in [0.15, 0.2) is 4.34 Å². The van der Waals surface area contributed by atoms with Crippen LogP contribution in [-0.4, -0.2) is 26.3 Å². The maximum absolute atomic E-state index is 11.1. The van der Waals surface area contributed by atoms with Gasteiger partial charge in [-0.2, -0.15) is 0 Å². The van der Waals surface area contributed by atoms with Crippen LogP contribution in [0, 0.1) is 6.92 Å². The largest absolute Gasteiger partial charge is 0.478 e. The SMILES string of the molecule is Cc1nnc(Sc2ncc(Br)cc2C(=O)O)s1. The molecule has 0 bridgehead atoms. The van der Waals surface area contributed by atoms with Gasteiger partial charge in [0.05, 0.1) is 5.56 Å². The predicted molar refractivity (Wildman–Crippen MR) is 67.7 cm³/mol. The molecule has 0 aliphatic heterocycles. The fourth-order valence-corrected chi connectivity index (χ4v) is 3.18. The van der Waals surface area contributed by atoms with Crippen LogP contribution in [0.15, 0.2) is 26.1 Å². The summed E-state index contributed by atoms with van der Waals surface area (Å²) in [5.41, 5.74) is 0.150. The van der Waals surface area contributed by atoms with Gasteiger partial charge < -0.3 is 5.11 Å². The van der Waals surface area contributed by atoms with Crippen molar-refractivity contribution in [3.63, 3.8) is 0 Å². The topological polar surface area (TPSA) is 76.0 Å². The van der Waals surface area contributed by atoms with Gasteiger partial charge in [0, 0.05) is 10.7 Å². The number of aromatic carboxylic acids is 1. The Morgan fingerprint density at radius 2 is 2.29 bits per heavy atom. The third-order valence-corrected chi connectivity index (χ3v) is 4.08. The van der Waals surface area contributed by atoms with Crippen LogP contribution in [0.2, 0.25) is 0 Å². The van der Waals surface area contributed by atoms with E-state index in [1.807, 2.05) is 6.92 Å². The normalized spacial score (nSPS) is 10.5. The highest BCUT2D eigenvalue weighted by Gasteiger charge is 2.15. The zero-order chi connectivity index (χ0) is 12.4. The number of halogens is 1. The molecule has 0 fully saturated rings. The van der Waals surface area contributed by atoms with Crippen molar-refractivity contribution in [1.29, 1.82) is 0 Å². The lowest BCUT2D eigenvalue weighted by atomic mass is 10.3. The van der Waals surface area contributed by atoms with Crippen LogP contribution in [0.25, 0.3) is 0 Å². The quantitative estimate of drug-likeness (QED) is 0.931. The van der Waals surface area contributed by atoms with Gasteiger partial charge in [-0.25, -0.2) is 9.78 Å². The molecule has 1 N–H and O–H groups in total. The molecule has 0 saturated carbocycles. The van der Waals surface area contributed by atoms with Crippen LogP contribution < -0.4 is 0 Å². The molecule has 0 saturated heterocycles. The van der Waals surface area contributed by atoms with Crippen molar-refractivity contribution in [2.24, 2.45) is 0 Å². The number of pyridine rings is 1. The van der Waals surface area contributed by atoms with Crippen molar-refractivity contribution in [2.75, 3.05) is 0 Å². The molecule has 2 aromatic rings. The molecule has 0 unspecified atom stereocenters. The first kappa shape index (κ1) is 12.5. The first-order chi connectivity index (χ1) is 8.06. The molecule has 2 rings (SSSR count). The van der Waals surface area contributed by atoms with Crippen molar-refractivity contribution in [3.05, 3.63) is 27.3 Å². The molecule has 0 radical (unpaired) electrons. The summed E-state index contributed by atoms with van der Waals surface area (Å²) in [4.78, 5) is 15.1. The lowest BCUT2D eigenvalue weighted by molar-refractivity contribution is 0.0692. The first-order valence-electron chi connectivity index (χ1n) is 4.43. The van der Waals surface area contributed by atoms with Crippen LogP contribution in [0.5, 0.6) is 0 Å². The summed E-state index contributed by atoms with van der Waals surface area (Å²) in [7, 11) is 0. The minimum absolute atomic E-state index is 0.150. The zero-order valence-electron chi connectivity index (χ0n) is 8.55. The molecule has 88 valence electrons. The molecule has 0 atom stereocenters. The number of carboxylic acid groups (broad SMARTS) is 1. The average molecular weight is 332 g/mol. The van der Waals surface area contributed by atoms with Gasteiger partial charge in [-0.1, -0.05) is 11.3 Å². The van der Waals surface area contributed by atoms with Crippen LogP contribution in [0.1, 0.15) is 15.4 Å². The Morgan fingerprint density at radius 3 is 2.88 bits per heavy atom. The van der Waals surface area contributed by atoms with Gasteiger partial charge in [-0.05, 0) is 40.7 Å². The van der Waals surface area contributed by atoms with Gasteiger partial charge >= 0.3 is 5.97 Å². The second kappa shape index (κ2) is 5.11. The van der Waals surface area contributed by atoms with E-state index < -0.39 is 5.97 Å². The van der Waals surface area contributed by atoms with Crippen LogP contribution in [0.4, 0.5) is 0 Å². The average Bonchev–Trinajstić information content (AvgIpc) is 2.66. The van der Waals surface area contributed by atoms with E-state index in [1.165, 1.54) is 29.2 Å². The van der Waals surface area contributed by atoms with Gasteiger partial charge in [0.2, 0.25) is 0 Å². The number of rotatable bonds is 3. The standard InChI is InChI=1S/C9H6BrN3O2S2/c1-4-12-13-9(16-4)17-7-6(8(14)15)2-5(10)3-11-7/h2-3H,1H3,(H,14,15). The summed E-state index contributed by atoms with van der Waals surface area (Å²) < 4.78 is 1.31. The Morgan fingerprint density at radius 1 is 1.53 bits per heavy atom. The third-order valence-electron chi connectivity index (χ3n) is 1.74. The van der Waals surface area contributed by atoms with E-state index >= 15 is 0 Å². The summed E-state index contributed by atoms with van der Waals surface area (Å²) >= 11 is 5.80. The highest BCUT2D eigenvalue weighted by molar-refractivity contribution is 9.10. The van der Waals surface area contributed by atoms with Crippen LogP contribution >= 0.6 is 39.0 Å². The Hall–Kier alpha value is -0.990. The molecule has 2 heterocycles. The number of nitrogens with zero attached hydrogens (tertiary/aromatic N) is 3. The molecule has 17 heavy (non-hydrogen) atoms. The van der Waals surface area contributed by atoms with Crippen molar-refractivity contribution in [3.8, 4) is 0 Å². The highest BCUT2D eigenvalue weighted by Crippen LogP contribution is 2.31. The summed E-state index contributed by atoms with van der Waals surface area (Å²) in [6.07, 6.45) is 1.56. The second-order valence-corrected chi connectivity index (χ2v) is 6.33. The van der Waals surface area contributed by atoms with E-state index in [0.717, 1.165) is 5.01 Å². The molecule has 0 aliphatic rings. The van der Waals surface area contributed by atoms with E-state index in [-0.39, 0.29) is 5.56 Å². The lowest BCUT2D eigenvalue weighted by Gasteiger charge is -2.02. The molecular formula is C9H6BrN3O2S2. The number of aryl methyl sites for hydroxylation is 1. The van der Waals surface area contributed by atoms with Crippen molar-refractivity contribution >= 4 is 45.0 Å². The summed E-state index contributed by atoms with van der Waals surface area (Å²) in [6, 6.07) is 1.52. The first-order valence-corrected chi connectivity index (χ1v) is 6.85. The van der Waals surface area contributed by atoms with E-state index in [9.17, 15) is 4.79 Å². The molecule has 2 aromatic heterocycles. The third kappa shape index (κ3) is 3.02. The van der Waals surface area contributed by atoms with Gasteiger partial charge in [0.1, 0.15) is 10.0 Å². The Balaban J connectivity index is 2.35.